The lowest BCUT2D eigenvalue weighted by atomic mass is 9.97. The molecular weight excluding hydrogens is 276 g/mol. The Kier molecular flexibility index (Phi) is 3.68. The van der Waals surface area contributed by atoms with Crippen molar-refractivity contribution in [2.75, 3.05) is 11.9 Å². The van der Waals surface area contributed by atoms with Crippen molar-refractivity contribution in [2.24, 2.45) is 23.5 Å². The summed E-state index contributed by atoms with van der Waals surface area (Å²) in [6.07, 6.45) is 5.63. The first kappa shape index (κ1) is 13.2. The van der Waals surface area contributed by atoms with Crippen LogP contribution in [0.15, 0.2) is 18.2 Å². The van der Waals surface area contributed by atoms with Crippen molar-refractivity contribution in [1.82, 2.24) is 0 Å². The van der Waals surface area contributed by atoms with Crippen LogP contribution in [-0.4, -0.2) is 11.5 Å². The van der Waals surface area contributed by atoms with E-state index in [2.05, 4.69) is 5.32 Å². The van der Waals surface area contributed by atoms with E-state index >= 15 is 0 Å². The minimum Gasteiger partial charge on any atom is -0.389 e. The predicted molar refractivity (Wildman–Crippen MR) is 84.8 cm³/mol. The van der Waals surface area contributed by atoms with Gasteiger partial charge in [0.2, 0.25) is 0 Å². The molecule has 4 heteroatoms. The van der Waals surface area contributed by atoms with Crippen LogP contribution < -0.4 is 11.1 Å². The molecule has 1 aromatic rings. The summed E-state index contributed by atoms with van der Waals surface area (Å²) in [6, 6.07) is 5.71. The molecule has 19 heavy (non-hydrogen) atoms. The van der Waals surface area contributed by atoms with Crippen LogP contribution in [0.2, 0.25) is 5.02 Å². The third-order valence-electron chi connectivity index (χ3n) is 4.23. The minimum atomic E-state index is 0.402. The Labute approximate surface area is 124 Å². The molecule has 102 valence electrons. The molecule has 2 aliphatic rings. The van der Waals surface area contributed by atoms with Crippen molar-refractivity contribution in [3.8, 4) is 0 Å². The summed E-state index contributed by atoms with van der Waals surface area (Å²) >= 11 is 11.1. The van der Waals surface area contributed by atoms with Gasteiger partial charge >= 0.3 is 0 Å². The Morgan fingerprint density at radius 3 is 2.47 bits per heavy atom. The lowest BCUT2D eigenvalue weighted by molar-refractivity contribution is 0.428. The van der Waals surface area contributed by atoms with Crippen LogP contribution in [0.3, 0.4) is 0 Å². The molecule has 0 heterocycles. The average molecular weight is 295 g/mol. The van der Waals surface area contributed by atoms with E-state index in [-0.39, 0.29) is 0 Å². The van der Waals surface area contributed by atoms with E-state index in [0.29, 0.717) is 10.0 Å². The number of hydrogen-bond donors (Lipinski definition) is 2. The lowest BCUT2D eigenvalue weighted by Gasteiger charge is -2.18. The van der Waals surface area contributed by atoms with Gasteiger partial charge in [0.05, 0.1) is 0 Å². The van der Waals surface area contributed by atoms with Crippen LogP contribution in [0.4, 0.5) is 5.69 Å². The smallest absolute Gasteiger partial charge is 0.106 e. The van der Waals surface area contributed by atoms with Gasteiger partial charge in [0.15, 0.2) is 0 Å². The van der Waals surface area contributed by atoms with Crippen molar-refractivity contribution < 1.29 is 0 Å². The van der Waals surface area contributed by atoms with Gasteiger partial charge in [-0.05, 0) is 61.6 Å². The van der Waals surface area contributed by atoms with Gasteiger partial charge in [0.25, 0.3) is 0 Å². The molecule has 2 nitrogen and oxygen atoms in total. The summed E-state index contributed by atoms with van der Waals surface area (Å²) in [6.45, 7) is 1.03. The van der Waals surface area contributed by atoms with Crippen molar-refractivity contribution in [3.63, 3.8) is 0 Å². The molecule has 0 atom stereocenters. The normalized spacial score (nSPS) is 18.6. The highest BCUT2D eigenvalue weighted by Crippen LogP contribution is 2.49. The number of hydrogen-bond acceptors (Lipinski definition) is 2. The van der Waals surface area contributed by atoms with Crippen molar-refractivity contribution in [1.29, 1.82) is 0 Å². The molecule has 1 aromatic carbocycles. The first-order chi connectivity index (χ1) is 9.15. The molecule has 0 bridgehead atoms. The van der Waals surface area contributed by atoms with Gasteiger partial charge in [-0.3, -0.25) is 0 Å². The number of nitrogens with two attached hydrogens (primary N) is 1. The maximum absolute atomic E-state index is 6.00. The summed E-state index contributed by atoms with van der Waals surface area (Å²) in [7, 11) is 0. The monoisotopic (exact) mass is 294 g/mol. The Morgan fingerprint density at radius 1 is 1.32 bits per heavy atom. The first-order valence-electron chi connectivity index (χ1n) is 6.98. The van der Waals surface area contributed by atoms with Gasteiger partial charge in [-0.1, -0.05) is 23.8 Å². The molecule has 2 fully saturated rings. The Morgan fingerprint density at radius 2 is 1.95 bits per heavy atom. The summed E-state index contributed by atoms with van der Waals surface area (Å²) in [5.41, 5.74) is 7.64. The van der Waals surface area contributed by atoms with Crippen molar-refractivity contribution in [2.45, 2.75) is 25.7 Å². The van der Waals surface area contributed by atoms with Crippen molar-refractivity contribution >= 4 is 34.5 Å². The van der Waals surface area contributed by atoms with Gasteiger partial charge in [0.1, 0.15) is 4.99 Å². The largest absolute Gasteiger partial charge is 0.389 e. The second kappa shape index (κ2) is 5.29. The van der Waals surface area contributed by atoms with Crippen LogP contribution in [0.1, 0.15) is 31.2 Å². The SMILES string of the molecule is NC(=S)c1cc(Cl)ccc1NCC(C1CC1)C1CC1. The molecule has 0 aliphatic heterocycles. The third-order valence-corrected chi connectivity index (χ3v) is 4.69. The van der Waals surface area contributed by atoms with Gasteiger partial charge in [-0.25, -0.2) is 0 Å². The molecule has 0 aromatic heterocycles. The molecule has 0 spiro atoms. The molecule has 3 N–H and O–H groups in total. The zero-order valence-corrected chi connectivity index (χ0v) is 12.4. The van der Waals surface area contributed by atoms with Gasteiger partial charge in [-0.15, -0.1) is 0 Å². The number of halogens is 1. The van der Waals surface area contributed by atoms with Crippen LogP contribution in [0.25, 0.3) is 0 Å². The van der Waals surface area contributed by atoms with E-state index in [4.69, 9.17) is 29.6 Å². The van der Waals surface area contributed by atoms with E-state index < -0.39 is 0 Å². The highest BCUT2D eigenvalue weighted by molar-refractivity contribution is 7.80. The van der Waals surface area contributed by atoms with Crippen LogP contribution in [-0.2, 0) is 0 Å². The second-order valence-corrected chi connectivity index (χ2v) is 6.65. The van der Waals surface area contributed by atoms with Crippen LogP contribution in [0, 0.1) is 17.8 Å². The van der Waals surface area contributed by atoms with E-state index in [1.54, 1.807) is 0 Å². The minimum absolute atomic E-state index is 0.402. The topological polar surface area (TPSA) is 38.0 Å². The second-order valence-electron chi connectivity index (χ2n) is 5.77. The highest BCUT2D eigenvalue weighted by atomic mass is 35.5. The maximum atomic E-state index is 6.00. The molecule has 0 saturated heterocycles. The number of benzene rings is 1. The predicted octanol–water partition coefficient (Wildman–Crippen LogP) is 3.82. The molecule has 0 unspecified atom stereocenters. The van der Waals surface area contributed by atoms with E-state index in [1.165, 1.54) is 25.7 Å². The fraction of sp³-hybridized carbons (Fsp3) is 0.533. The standard InChI is InChI=1S/C15H19ClN2S/c16-11-5-6-14(12(7-11)15(17)19)18-8-13(9-1-2-9)10-3-4-10/h5-7,9-10,13,18H,1-4,8H2,(H2,17,19). The number of rotatable bonds is 6. The highest BCUT2D eigenvalue weighted by Gasteiger charge is 2.41. The molecule has 2 aliphatic carbocycles. The number of thiocarbonyl (C=S) groups is 1. The Hall–Kier alpha value is -0.800. The fourth-order valence-electron chi connectivity index (χ4n) is 2.87. The van der Waals surface area contributed by atoms with E-state index in [1.807, 2.05) is 18.2 Å². The van der Waals surface area contributed by atoms with Gasteiger partial charge in [-0.2, -0.15) is 0 Å². The van der Waals surface area contributed by atoms with E-state index in [0.717, 1.165) is 35.5 Å². The summed E-state index contributed by atoms with van der Waals surface area (Å²) in [5.74, 6) is 2.72. The summed E-state index contributed by atoms with van der Waals surface area (Å²) in [4.78, 5) is 0.402. The lowest BCUT2D eigenvalue weighted by Crippen LogP contribution is -2.20. The molecular formula is C15H19ClN2S. The van der Waals surface area contributed by atoms with Crippen molar-refractivity contribution in [3.05, 3.63) is 28.8 Å². The third kappa shape index (κ3) is 3.21. The fourth-order valence-corrected chi connectivity index (χ4v) is 3.21. The van der Waals surface area contributed by atoms with Gasteiger partial charge in [0, 0.05) is 22.8 Å². The average Bonchev–Trinajstić information content (AvgIpc) is 3.25. The van der Waals surface area contributed by atoms with Crippen LogP contribution in [0.5, 0.6) is 0 Å². The summed E-state index contributed by atoms with van der Waals surface area (Å²) in [5, 5.41) is 4.21. The Bertz CT molecular complexity index is 483. The maximum Gasteiger partial charge on any atom is 0.106 e. The zero-order valence-electron chi connectivity index (χ0n) is 10.9. The van der Waals surface area contributed by atoms with E-state index in [9.17, 15) is 0 Å². The molecule has 0 amide bonds. The quantitative estimate of drug-likeness (QED) is 0.783. The number of anilines is 1. The van der Waals surface area contributed by atoms with Gasteiger partial charge < -0.3 is 11.1 Å². The molecule has 0 radical (unpaired) electrons. The zero-order chi connectivity index (χ0) is 13.4. The molecule has 3 rings (SSSR count). The molecule has 2 saturated carbocycles. The Balaban J connectivity index is 1.70. The first-order valence-corrected chi connectivity index (χ1v) is 7.77. The van der Waals surface area contributed by atoms with Crippen LogP contribution >= 0.6 is 23.8 Å². The summed E-state index contributed by atoms with van der Waals surface area (Å²) < 4.78 is 0. The number of nitrogens with one attached hydrogen (secondary N) is 1.